The molecule has 0 saturated carbocycles. The molecule has 6 nitrogen and oxygen atoms in total. The van der Waals surface area contributed by atoms with Crippen LogP contribution in [0.5, 0.6) is 0 Å². The molecule has 0 amide bonds. The minimum absolute atomic E-state index is 0. The van der Waals surface area contributed by atoms with Crippen molar-refractivity contribution in [1.82, 2.24) is 0 Å². The Morgan fingerprint density at radius 2 is 1.64 bits per heavy atom. The van der Waals surface area contributed by atoms with Gasteiger partial charge >= 0.3 is 51.4 Å². The van der Waals surface area contributed by atoms with Crippen LogP contribution in [0.3, 0.4) is 0 Å². The van der Waals surface area contributed by atoms with Gasteiger partial charge in [0, 0.05) is 0 Å². The first-order valence-corrected chi connectivity index (χ1v) is 3.64. The van der Waals surface area contributed by atoms with Crippen LogP contribution in [0.2, 0.25) is 0 Å². The number of hydrogen-bond acceptors (Lipinski definition) is 6. The van der Waals surface area contributed by atoms with Gasteiger partial charge in [-0.3, -0.25) is 0 Å². The average molecular weight is 256 g/mol. The molecule has 0 radical (unpaired) electrons. The Kier molecular flexibility index (Phi) is 10.2. The molecule has 1 heterocycles. The van der Waals surface area contributed by atoms with Crippen LogP contribution in [0.25, 0.3) is 0 Å². The summed E-state index contributed by atoms with van der Waals surface area (Å²) in [5.41, 5.74) is 5.26. The standard InChI is InChI=1S/C6H13NO5.ClH.K.H/c7-3-5(10)4(9)2(1-8)12-6(3)11;;;/h2-6,8-11H,1,7H2;1H;;/t2-,3-,4-,5-,6-;;;/m1.../s1. The quantitative estimate of drug-likeness (QED) is 0.311. The van der Waals surface area contributed by atoms with Crippen molar-refractivity contribution in [3.63, 3.8) is 0 Å². The van der Waals surface area contributed by atoms with Gasteiger partial charge in [-0.05, 0) is 0 Å². The number of aliphatic hydroxyl groups is 4. The molecule has 0 aliphatic carbocycles. The van der Waals surface area contributed by atoms with E-state index in [-0.39, 0.29) is 63.8 Å². The van der Waals surface area contributed by atoms with E-state index < -0.39 is 37.3 Å². The number of nitrogens with two attached hydrogens (primary N) is 1. The molecule has 6 N–H and O–H groups in total. The van der Waals surface area contributed by atoms with Crippen LogP contribution in [0.15, 0.2) is 0 Å². The molecule has 0 spiro atoms. The van der Waals surface area contributed by atoms with E-state index in [0.29, 0.717) is 0 Å². The van der Waals surface area contributed by atoms with E-state index >= 15 is 0 Å². The van der Waals surface area contributed by atoms with Crippen LogP contribution in [-0.2, 0) is 4.74 Å². The van der Waals surface area contributed by atoms with Crippen molar-refractivity contribution in [2.45, 2.75) is 30.6 Å². The van der Waals surface area contributed by atoms with Gasteiger partial charge < -0.3 is 30.9 Å². The zero-order valence-corrected chi connectivity index (χ0v) is 7.59. The van der Waals surface area contributed by atoms with Gasteiger partial charge in [-0.25, -0.2) is 0 Å². The number of ether oxygens (including phenoxy) is 1. The Morgan fingerprint density at radius 1 is 1.14 bits per heavy atom. The first-order chi connectivity index (χ1) is 5.57. The second kappa shape index (κ2) is 7.88. The summed E-state index contributed by atoms with van der Waals surface area (Å²) in [6.45, 7) is -0.470. The third kappa shape index (κ3) is 3.93. The van der Waals surface area contributed by atoms with E-state index in [4.69, 9.17) is 20.7 Å². The van der Waals surface area contributed by atoms with Crippen LogP contribution < -0.4 is 5.73 Å². The van der Waals surface area contributed by atoms with Gasteiger partial charge in [0.05, 0.1) is 12.6 Å². The zero-order valence-electron chi connectivity index (χ0n) is 6.78. The van der Waals surface area contributed by atoms with Crippen LogP contribution in [0, 0.1) is 0 Å². The Labute approximate surface area is 130 Å². The Bertz CT molecular complexity index is 160. The summed E-state index contributed by atoms with van der Waals surface area (Å²) in [6, 6.07) is -1.04. The van der Waals surface area contributed by atoms with E-state index in [1.54, 1.807) is 0 Å². The fourth-order valence-corrected chi connectivity index (χ4v) is 1.12. The molecular weight excluding hydrogens is 241 g/mol. The first kappa shape index (κ1) is 18.1. The maximum atomic E-state index is 9.20. The Hall–Kier alpha value is 1.69. The van der Waals surface area contributed by atoms with Crippen molar-refractivity contribution >= 4 is 63.8 Å². The number of rotatable bonds is 1. The summed E-state index contributed by atoms with van der Waals surface area (Å²) in [5, 5.41) is 36.1. The molecule has 1 fully saturated rings. The predicted octanol–water partition coefficient (Wildman–Crippen LogP) is -3.48. The fourth-order valence-electron chi connectivity index (χ4n) is 1.12. The summed E-state index contributed by atoms with van der Waals surface area (Å²) < 4.78 is 4.70. The molecule has 1 saturated heterocycles. The molecule has 0 aromatic rings. The summed E-state index contributed by atoms with van der Waals surface area (Å²) in [7, 11) is 0. The Balaban J connectivity index is 0. The van der Waals surface area contributed by atoms with Gasteiger partial charge in [-0.1, -0.05) is 0 Å². The van der Waals surface area contributed by atoms with Crippen molar-refractivity contribution in [2.24, 2.45) is 5.73 Å². The predicted molar refractivity (Wildman–Crippen MR) is 52.4 cm³/mol. The summed E-state index contributed by atoms with van der Waals surface area (Å²) in [4.78, 5) is 0. The first-order valence-electron chi connectivity index (χ1n) is 3.64. The monoisotopic (exact) mass is 255 g/mol. The molecule has 5 atom stereocenters. The molecular formula is C6H15ClKNO5. The number of aliphatic hydroxyl groups excluding tert-OH is 4. The summed E-state index contributed by atoms with van der Waals surface area (Å²) >= 11 is 0. The van der Waals surface area contributed by atoms with Gasteiger partial charge in [0.1, 0.15) is 18.3 Å². The van der Waals surface area contributed by atoms with Gasteiger partial charge in [-0.15, -0.1) is 12.4 Å². The second-order valence-corrected chi connectivity index (χ2v) is 2.81. The third-order valence-corrected chi connectivity index (χ3v) is 1.95. The van der Waals surface area contributed by atoms with E-state index in [0.717, 1.165) is 0 Å². The van der Waals surface area contributed by atoms with Crippen LogP contribution in [-0.4, -0.2) is 109 Å². The third-order valence-electron chi connectivity index (χ3n) is 1.95. The number of halogens is 1. The molecule has 0 unspecified atom stereocenters. The molecule has 0 aromatic carbocycles. The normalized spacial score (nSPS) is 42.2. The van der Waals surface area contributed by atoms with Gasteiger partial charge in [-0.2, -0.15) is 0 Å². The molecule has 14 heavy (non-hydrogen) atoms. The molecule has 1 aliphatic heterocycles. The van der Waals surface area contributed by atoms with Crippen LogP contribution in [0.4, 0.5) is 0 Å². The van der Waals surface area contributed by atoms with Crippen molar-refractivity contribution in [1.29, 1.82) is 0 Å². The van der Waals surface area contributed by atoms with Crippen molar-refractivity contribution in [3.8, 4) is 0 Å². The average Bonchev–Trinajstić information content (AvgIpc) is 2.08. The molecule has 1 rings (SSSR count). The number of hydrogen-bond donors (Lipinski definition) is 5. The molecule has 0 bridgehead atoms. The summed E-state index contributed by atoms with van der Waals surface area (Å²) in [6.07, 6.45) is -4.85. The van der Waals surface area contributed by atoms with Crippen molar-refractivity contribution < 1.29 is 25.2 Å². The molecule has 1 aliphatic rings. The molecule has 8 heteroatoms. The zero-order chi connectivity index (χ0) is 9.30. The second-order valence-electron chi connectivity index (χ2n) is 2.81. The van der Waals surface area contributed by atoms with Gasteiger partial charge in [0.25, 0.3) is 0 Å². The fraction of sp³-hybridized carbons (Fsp3) is 1.00. The van der Waals surface area contributed by atoms with E-state index in [2.05, 4.69) is 0 Å². The van der Waals surface area contributed by atoms with Crippen LogP contribution >= 0.6 is 12.4 Å². The van der Waals surface area contributed by atoms with Crippen molar-refractivity contribution in [2.75, 3.05) is 6.61 Å². The topological polar surface area (TPSA) is 116 Å². The van der Waals surface area contributed by atoms with Crippen molar-refractivity contribution in [3.05, 3.63) is 0 Å². The SMILES string of the molecule is Cl.N[C@@H]1[C@@H](O)[C@H](O)[C@@H](CO)O[C@H]1O.[KH]. The molecule has 82 valence electrons. The van der Waals surface area contributed by atoms with E-state index in [9.17, 15) is 10.2 Å². The van der Waals surface area contributed by atoms with Crippen LogP contribution in [0.1, 0.15) is 0 Å². The summed E-state index contributed by atoms with van der Waals surface area (Å²) in [5.74, 6) is 0. The Morgan fingerprint density at radius 3 is 2.07 bits per heavy atom. The maximum absolute atomic E-state index is 9.20. The minimum atomic E-state index is -1.35. The van der Waals surface area contributed by atoms with Gasteiger partial charge in [0.15, 0.2) is 6.29 Å². The van der Waals surface area contributed by atoms with E-state index in [1.165, 1.54) is 0 Å². The van der Waals surface area contributed by atoms with E-state index in [1.807, 2.05) is 0 Å². The molecule has 0 aromatic heterocycles. The van der Waals surface area contributed by atoms with Gasteiger partial charge in [0.2, 0.25) is 0 Å².